The lowest BCUT2D eigenvalue weighted by molar-refractivity contribution is -0.137. The van der Waals surface area contributed by atoms with E-state index in [1.807, 2.05) is 0 Å². The van der Waals surface area contributed by atoms with Gasteiger partial charge in [0, 0.05) is 31.3 Å². The van der Waals surface area contributed by atoms with E-state index in [0.717, 1.165) is 12.8 Å². The summed E-state index contributed by atoms with van der Waals surface area (Å²) >= 11 is 1.36. The van der Waals surface area contributed by atoms with Crippen LogP contribution in [0.25, 0.3) is 0 Å². The Balaban J connectivity index is 1.62. The first-order valence-electron chi connectivity index (χ1n) is 8.72. The van der Waals surface area contributed by atoms with Gasteiger partial charge in [-0.3, -0.25) is 9.59 Å². The minimum atomic E-state index is -0.800. The minimum absolute atomic E-state index is 0.124. The standard InChI is InChI=1S/C19H21FN2O3S/c20-15-6-2-1-5-14(15)10-17-21-16(12-26-17)19(25)22-9-3-4-13(11-22)7-8-18(23)24/h1-2,5-6,12-13H,3-4,7-11H2,(H,23,24). The number of hydrogen-bond donors (Lipinski definition) is 1. The average Bonchev–Trinajstić information content (AvgIpc) is 3.10. The van der Waals surface area contributed by atoms with Crippen molar-refractivity contribution in [3.63, 3.8) is 0 Å². The molecule has 0 bridgehead atoms. The van der Waals surface area contributed by atoms with Gasteiger partial charge in [0.25, 0.3) is 5.91 Å². The van der Waals surface area contributed by atoms with Crippen LogP contribution in [0.2, 0.25) is 0 Å². The molecule has 1 unspecified atom stereocenters. The second-order valence-corrected chi connectivity index (χ2v) is 7.53. The number of carboxylic acid groups (broad SMARTS) is 1. The quantitative estimate of drug-likeness (QED) is 0.836. The van der Waals surface area contributed by atoms with Gasteiger partial charge in [-0.15, -0.1) is 11.3 Å². The summed E-state index contributed by atoms with van der Waals surface area (Å²) in [5, 5.41) is 11.3. The van der Waals surface area contributed by atoms with Crippen LogP contribution in [-0.4, -0.2) is 40.0 Å². The summed E-state index contributed by atoms with van der Waals surface area (Å²) in [5.74, 6) is -0.972. The number of halogens is 1. The average molecular weight is 376 g/mol. The number of hydrogen-bond acceptors (Lipinski definition) is 4. The fourth-order valence-corrected chi connectivity index (χ4v) is 4.06. The smallest absolute Gasteiger partial charge is 0.303 e. The monoisotopic (exact) mass is 376 g/mol. The second kappa shape index (κ2) is 8.40. The number of nitrogens with zero attached hydrogens (tertiary/aromatic N) is 2. The molecule has 2 heterocycles. The Morgan fingerprint density at radius 1 is 1.35 bits per heavy atom. The molecular formula is C19H21FN2O3S. The van der Waals surface area contributed by atoms with Gasteiger partial charge in [0.05, 0.1) is 5.01 Å². The van der Waals surface area contributed by atoms with E-state index in [2.05, 4.69) is 4.98 Å². The molecule has 1 saturated heterocycles. The SMILES string of the molecule is O=C(O)CCC1CCCN(C(=O)c2csc(Cc3ccccc3F)n2)C1. The van der Waals surface area contributed by atoms with Crippen molar-refractivity contribution >= 4 is 23.2 Å². The van der Waals surface area contributed by atoms with Gasteiger partial charge < -0.3 is 10.0 Å². The molecule has 0 spiro atoms. The number of likely N-dealkylation sites (tertiary alicyclic amines) is 1. The van der Waals surface area contributed by atoms with Crippen molar-refractivity contribution in [1.29, 1.82) is 0 Å². The Kier molecular flexibility index (Phi) is 5.98. The molecule has 1 aromatic heterocycles. The molecule has 1 amide bonds. The molecule has 26 heavy (non-hydrogen) atoms. The molecule has 0 saturated carbocycles. The van der Waals surface area contributed by atoms with Gasteiger partial charge in [-0.1, -0.05) is 18.2 Å². The number of carbonyl (C=O) groups excluding carboxylic acids is 1. The van der Waals surface area contributed by atoms with E-state index in [1.165, 1.54) is 17.4 Å². The predicted octanol–water partition coefficient (Wildman–Crippen LogP) is 3.59. The summed E-state index contributed by atoms with van der Waals surface area (Å²) in [6.45, 7) is 1.24. The number of benzene rings is 1. The molecular weight excluding hydrogens is 355 g/mol. The molecule has 0 aliphatic carbocycles. The van der Waals surface area contributed by atoms with Crippen molar-refractivity contribution < 1.29 is 19.1 Å². The molecule has 1 atom stereocenters. The van der Waals surface area contributed by atoms with Crippen molar-refractivity contribution in [2.24, 2.45) is 5.92 Å². The molecule has 0 radical (unpaired) electrons. The van der Waals surface area contributed by atoms with E-state index in [9.17, 15) is 14.0 Å². The maximum Gasteiger partial charge on any atom is 0.303 e. The van der Waals surface area contributed by atoms with Crippen molar-refractivity contribution in [3.8, 4) is 0 Å². The first-order chi connectivity index (χ1) is 12.5. The molecule has 5 nitrogen and oxygen atoms in total. The van der Waals surface area contributed by atoms with Crippen LogP contribution in [-0.2, 0) is 11.2 Å². The lowest BCUT2D eigenvalue weighted by Gasteiger charge is -2.32. The highest BCUT2D eigenvalue weighted by atomic mass is 32.1. The molecule has 1 fully saturated rings. The van der Waals surface area contributed by atoms with Crippen LogP contribution in [0.5, 0.6) is 0 Å². The zero-order valence-electron chi connectivity index (χ0n) is 14.4. The van der Waals surface area contributed by atoms with Gasteiger partial charge >= 0.3 is 5.97 Å². The maximum absolute atomic E-state index is 13.8. The minimum Gasteiger partial charge on any atom is -0.481 e. The number of rotatable bonds is 6. The summed E-state index contributed by atoms with van der Waals surface area (Å²) in [6, 6.07) is 6.56. The van der Waals surface area contributed by atoms with Crippen LogP contribution in [0.15, 0.2) is 29.6 Å². The molecule has 1 aromatic carbocycles. The third kappa shape index (κ3) is 4.66. The van der Waals surface area contributed by atoms with Gasteiger partial charge in [0.2, 0.25) is 0 Å². The Morgan fingerprint density at radius 3 is 2.92 bits per heavy atom. The zero-order chi connectivity index (χ0) is 18.5. The largest absolute Gasteiger partial charge is 0.481 e. The van der Waals surface area contributed by atoms with E-state index in [-0.39, 0.29) is 24.1 Å². The van der Waals surface area contributed by atoms with E-state index in [1.54, 1.807) is 28.5 Å². The Bertz CT molecular complexity index is 793. The van der Waals surface area contributed by atoms with Crippen LogP contribution in [0, 0.1) is 11.7 Å². The van der Waals surface area contributed by atoms with Gasteiger partial charge in [-0.05, 0) is 36.8 Å². The summed E-state index contributed by atoms with van der Waals surface area (Å²) in [7, 11) is 0. The normalized spacial score (nSPS) is 17.3. The molecule has 2 aromatic rings. The molecule has 1 aliphatic rings. The van der Waals surface area contributed by atoms with Crippen molar-refractivity contribution in [2.45, 2.75) is 32.1 Å². The number of amides is 1. The molecule has 1 aliphatic heterocycles. The molecule has 7 heteroatoms. The number of aliphatic carboxylic acids is 1. The van der Waals surface area contributed by atoms with Gasteiger partial charge in [-0.2, -0.15) is 0 Å². The fourth-order valence-electron chi connectivity index (χ4n) is 3.27. The van der Waals surface area contributed by atoms with Gasteiger partial charge in [-0.25, -0.2) is 9.37 Å². The maximum atomic E-state index is 13.8. The Hall–Kier alpha value is -2.28. The predicted molar refractivity (Wildman–Crippen MR) is 96.8 cm³/mol. The summed E-state index contributed by atoms with van der Waals surface area (Å²) in [6.07, 6.45) is 2.92. The summed E-state index contributed by atoms with van der Waals surface area (Å²) in [5.41, 5.74) is 0.952. The first kappa shape index (κ1) is 18.5. The topological polar surface area (TPSA) is 70.5 Å². The fraction of sp³-hybridized carbons (Fsp3) is 0.421. The van der Waals surface area contributed by atoms with Crippen molar-refractivity contribution in [3.05, 3.63) is 51.7 Å². The number of thiazole rings is 1. The Morgan fingerprint density at radius 2 is 2.15 bits per heavy atom. The zero-order valence-corrected chi connectivity index (χ0v) is 15.2. The second-order valence-electron chi connectivity index (χ2n) is 6.59. The van der Waals surface area contributed by atoms with E-state index in [4.69, 9.17) is 5.11 Å². The summed E-state index contributed by atoms with van der Waals surface area (Å²) < 4.78 is 13.8. The molecule has 138 valence electrons. The number of piperidine rings is 1. The third-order valence-corrected chi connectivity index (χ3v) is 5.49. The number of carbonyl (C=O) groups is 2. The van der Waals surface area contributed by atoms with E-state index >= 15 is 0 Å². The van der Waals surface area contributed by atoms with E-state index < -0.39 is 5.97 Å². The van der Waals surface area contributed by atoms with Crippen LogP contribution in [0.1, 0.15) is 46.7 Å². The first-order valence-corrected chi connectivity index (χ1v) is 9.60. The highest BCUT2D eigenvalue weighted by Crippen LogP contribution is 2.24. The highest BCUT2D eigenvalue weighted by molar-refractivity contribution is 7.09. The van der Waals surface area contributed by atoms with Gasteiger partial charge in [0.1, 0.15) is 11.5 Å². The lowest BCUT2D eigenvalue weighted by Crippen LogP contribution is -2.40. The van der Waals surface area contributed by atoms with Gasteiger partial charge in [0.15, 0.2) is 0 Å². The van der Waals surface area contributed by atoms with Crippen LogP contribution < -0.4 is 0 Å². The van der Waals surface area contributed by atoms with Crippen LogP contribution in [0.3, 0.4) is 0 Å². The molecule has 1 N–H and O–H groups in total. The number of carboxylic acids is 1. The highest BCUT2D eigenvalue weighted by Gasteiger charge is 2.26. The van der Waals surface area contributed by atoms with Crippen LogP contribution >= 0.6 is 11.3 Å². The van der Waals surface area contributed by atoms with Crippen molar-refractivity contribution in [1.82, 2.24) is 9.88 Å². The lowest BCUT2D eigenvalue weighted by atomic mass is 9.93. The molecule has 3 rings (SSSR count). The third-order valence-electron chi connectivity index (χ3n) is 4.64. The summed E-state index contributed by atoms with van der Waals surface area (Å²) in [4.78, 5) is 29.6. The van der Waals surface area contributed by atoms with Crippen LogP contribution in [0.4, 0.5) is 4.39 Å². The van der Waals surface area contributed by atoms with Crippen molar-refractivity contribution in [2.75, 3.05) is 13.1 Å². The Labute approximate surface area is 155 Å². The number of aromatic nitrogens is 1. The van der Waals surface area contributed by atoms with E-state index in [0.29, 0.717) is 42.2 Å².